The maximum Gasteiger partial charge on any atom is 0.339 e. The minimum absolute atomic E-state index is 0.0928. The van der Waals surface area contributed by atoms with Crippen molar-refractivity contribution in [3.05, 3.63) is 12.2 Å². The Morgan fingerprint density at radius 2 is 1.57 bits per heavy atom. The second kappa shape index (κ2) is 6.23. The summed E-state index contributed by atoms with van der Waals surface area (Å²) in [7, 11) is 0. The van der Waals surface area contributed by atoms with Crippen LogP contribution in [0.2, 0.25) is 0 Å². The largest absolute Gasteiger partial charge is 0.480 e. The Labute approximate surface area is 120 Å². The molecular weight excluding hydrogens is 284 g/mol. The molecule has 8 nitrogen and oxygen atoms in total. The van der Waals surface area contributed by atoms with Crippen molar-refractivity contribution in [3.8, 4) is 0 Å². The average molecular weight is 300 g/mol. The normalized spacial score (nSPS) is 26.0. The van der Waals surface area contributed by atoms with Crippen molar-refractivity contribution >= 4 is 17.9 Å². The van der Waals surface area contributed by atoms with Gasteiger partial charge < -0.3 is 24.1 Å². The van der Waals surface area contributed by atoms with Crippen LogP contribution in [0.15, 0.2) is 12.2 Å². The number of epoxide rings is 2. The van der Waals surface area contributed by atoms with Crippen molar-refractivity contribution in [1.82, 2.24) is 0 Å². The summed E-state index contributed by atoms with van der Waals surface area (Å²) in [5.74, 6) is -4.03. The zero-order chi connectivity index (χ0) is 15.5. The smallest absolute Gasteiger partial charge is 0.339 e. The summed E-state index contributed by atoms with van der Waals surface area (Å²) >= 11 is 0. The lowest BCUT2D eigenvalue weighted by atomic mass is 9.87. The number of esters is 2. The molecule has 2 aliphatic heterocycles. The number of allylic oxidation sites excluding steroid dienone is 1. The summed E-state index contributed by atoms with van der Waals surface area (Å²) in [4.78, 5) is 35.7. The number of carbonyl (C=O) groups is 3. The number of ether oxygens (including phenoxy) is 4. The molecule has 2 heterocycles. The van der Waals surface area contributed by atoms with E-state index in [4.69, 9.17) is 18.9 Å². The highest BCUT2D eigenvalue weighted by molar-refractivity contribution is 6.19. The van der Waals surface area contributed by atoms with E-state index in [0.717, 1.165) is 6.08 Å². The molecule has 0 saturated carbocycles. The topological polar surface area (TPSA) is 115 Å². The third-order valence-corrected chi connectivity index (χ3v) is 3.00. The van der Waals surface area contributed by atoms with Gasteiger partial charge in [0.15, 0.2) is 0 Å². The van der Waals surface area contributed by atoms with Crippen LogP contribution in [0.1, 0.15) is 6.92 Å². The third kappa shape index (κ3) is 3.59. The molecule has 0 radical (unpaired) electrons. The zero-order valence-electron chi connectivity index (χ0n) is 11.4. The van der Waals surface area contributed by atoms with E-state index >= 15 is 0 Å². The molecule has 8 heteroatoms. The van der Waals surface area contributed by atoms with Gasteiger partial charge in [-0.1, -0.05) is 6.08 Å². The minimum atomic E-state index is -2.50. The molecule has 2 rings (SSSR count). The molecule has 1 N–H and O–H groups in total. The number of hydrogen-bond acceptors (Lipinski definition) is 7. The fourth-order valence-electron chi connectivity index (χ4n) is 1.61. The fourth-order valence-corrected chi connectivity index (χ4v) is 1.61. The molecule has 2 aliphatic rings. The fraction of sp³-hybridized carbons (Fsp3) is 0.615. The Bertz CT molecular complexity index is 433. The number of rotatable bonds is 8. The Morgan fingerprint density at radius 1 is 1.14 bits per heavy atom. The van der Waals surface area contributed by atoms with E-state index in [-0.39, 0.29) is 25.4 Å². The Morgan fingerprint density at radius 3 is 1.86 bits per heavy atom. The first-order chi connectivity index (χ1) is 10.0. The summed E-state index contributed by atoms with van der Waals surface area (Å²) < 4.78 is 19.5. The molecule has 2 saturated heterocycles. The molecule has 0 aliphatic carbocycles. The standard InChI is InChI=1S/C13H16O8/c1-2-3-13(10(14)15,11(16)20-6-8-4-18-8)12(17)21-7-9-5-19-9/h2-3,8-9H,4-7H2,1H3,(H,14,15). The van der Waals surface area contributed by atoms with Crippen LogP contribution in [-0.4, -0.2) is 61.6 Å². The maximum absolute atomic E-state index is 12.1. The van der Waals surface area contributed by atoms with Crippen molar-refractivity contribution in [3.63, 3.8) is 0 Å². The highest BCUT2D eigenvalue weighted by Gasteiger charge is 2.55. The van der Waals surface area contributed by atoms with Crippen LogP contribution >= 0.6 is 0 Å². The van der Waals surface area contributed by atoms with Gasteiger partial charge in [0.1, 0.15) is 25.4 Å². The first kappa shape index (κ1) is 15.5. The summed E-state index contributed by atoms with van der Waals surface area (Å²) in [6.07, 6.45) is 1.78. The second-order valence-electron chi connectivity index (χ2n) is 4.72. The van der Waals surface area contributed by atoms with Gasteiger partial charge in [0.25, 0.3) is 5.41 Å². The van der Waals surface area contributed by atoms with E-state index in [1.54, 1.807) is 0 Å². The van der Waals surface area contributed by atoms with Crippen LogP contribution in [0.3, 0.4) is 0 Å². The van der Waals surface area contributed by atoms with Gasteiger partial charge in [-0.05, 0) is 13.0 Å². The molecule has 0 amide bonds. The molecule has 0 aromatic carbocycles. The van der Waals surface area contributed by atoms with Crippen LogP contribution in [-0.2, 0) is 33.3 Å². The van der Waals surface area contributed by atoms with Gasteiger partial charge in [-0.15, -0.1) is 0 Å². The Hall–Kier alpha value is -1.93. The maximum atomic E-state index is 12.1. The first-order valence-electron chi connectivity index (χ1n) is 6.45. The summed E-state index contributed by atoms with van der Waals surface area (Å²) in [5.41, 5.74) is -2.50. The highest BCUT2D eigenvalue weighted by Crippen LogP contribution is 2.26. The monoisotopic (exact) mass is 300 g/mol. The molecule has 21 heavy (non-hydrogen) atoms. The number of hydrogen-bond donors (Lipinski definition) is 1. The molecule has 116 valence electrons. The molecule has 0 aromatic rings. The molecule has 2 atom stereocenters. The van der Waals surface area contributed by atoms with Crippen molar-refractivity contribution < 1.29 is 38.4 Å². The van der Waals surface area contributed by atoms with Crippen molar-refractivity contribution in [2.75, 3.05) is 26.4 Å². The summed E-state index contributed by atoms with van der Waals surface area (Å²) in [6, 6.07) is 0. The van der Waals surface area contributed by atoms with Crippen molar-refractivity contribution in [1.29, 1.82) is 0 Å². The van der Waals surface area contributed by atoms with Gasteiger partial charge in [-0.2, -0.15) is 0 Å². The van der Waals surface area contributed by atoms with E-state index in [0.29, 0.717) is 13.2 Å². The van der Waals surface area contributed by atoms with E-state index in [9.17, 15) is 19.5 Å². The van der Waals surface area contributed by atoms with Crippen LogP contribution in [0.5, 0.6) is 0 Å². The summed E-state index contributed by atoms with van der Waals surface area (Å²) in [5, 5.41) is 9.34. The lowest BCUT2D eigenvalue weighted by Crippen LogP contribution is -2.47. The molecular formula is C13H16O8. The number of carbonyl (C=O) groups excluding carboxylic acids is 2. The van der Waals surface area contributed by atoms with Gasteiger partial charge in [0, 0.05) is 0 Å². The Balaban J connectivity index is 2.10. The number of carboxylic acid groups (broad SMARTS) is 1. The average Bonchev–Trinajstić information content (AvgIpc) is 3.33. The lowest BCUT2D eigenvalue weighted by molar-refractivity contribution is -0.177. The van der Waals surface area contributed by atoms with Crippen LogP contribution < -0.4 is 0 Å². The summed E-state index contributed by atoms with van der Waals surface area (Å²) in [6.45, 7) is 2.20. The van der Waals surface area contributed by atoms with Gasteiger partial charge in [0.05, 0.1) is 13.2 Å². The van der Waals surface area contributed by atoms with Crippen molar-refractivity contribution in [2.45, 2.75) is 19.1 Å². The third-order valence-electron chi connectivity index (χ3n) is 3.00. The molecule has 2 unspecified atom stereocenters. The van der Waals surface area contributed by atoms with Crippen molar-refractivity contribution in [2.24, 2.45) is 5.41 Å². The molecule has 2 fully saturated rings. The van der Waals surface area contributed by atoms with Crippen LogP contribution in [0, 0.1) is 5.41 Å². The Kier molecular flexibility index (Phi) is 4.59. The second-order valence-corrected chi connectivity index (χ2v) is 4.72. The van der Waals surface area contributed by atoms with E-state index < -0.39 is 23.3 Å². The van der Waals surface area contributed by atoms with E-state index in [1.807, 2.05) is 0 Å². The molecule has 0 bridgehead atoms. The predicted octanol–water partition coefficient (Wildman–Crippen LogP) is -0.482. The van der Waals surface area contributed by atoms with Gasteiger partial charge in [0.2, 0.25) is 0 Å². The minimum Gasteiger partial charge on any atom is -0.480 e. The highest BCUT2D eigenvalue weighted by atomic mass is 16.6. The molecule has 0 aromatic heterocycles. The zero-order valence-corrected chi connectivity index (χ0v) is 11.4. The van der Waals surface area contributed by atoms with Crippen LogP contribution in [0.4, 0.5) is 0 Å². The number of carboxylic acids is 1. The number of aliphatic carboxylic acids is 1. The first-order valence-corrected chi connectivity index (χ1v) is 6.45. The van der Waals surface area contributed by atoms with Gasteiger partial charge in [-0.25, -0.2) is 9.59 Å². The van der Waals surface area contributed by atoms with E-state index in [1.165, 1.54) is 13.0 Å². The van der Waals surface area contributed by atoms with Crippen LogP contribution in [0.25, 0.3) is 0 Å². The van der Waals surface area contributed by atoms with E-state index in [2.05, 4.69) is 0 Å². The predicted molar refractivity (Wildman–Crippen MR) is 66.3 cm³/mol. The van der Waals surface area contributed by atoms with Gasteiger partial charge >= 0.3 is 17.9 Å². The van der Waals surface area contributed by atoms with Gasteiger partial charge in [-0.3, -0.25) is 4.79 Å². The lowest BCUT2D eigenvalue weighted by Gasteiger charge is -2.21. The quantitative estimate of drug-likeness (QED) is 0.276. The molecule has 0 spiro atoms. The SMILES string of the molecule is CC=CC(C(=O)O)(C(=O)OCC1CO1)C(=O)OCC1CO1.